The third-order valence-corrected chi connectivity index (χ3v) is 6.23. The Morgan fingerprint density at radius 2 is 2.10 bits per heavy atom. The van der Waals surface area contributed by atoms with Crippen molar-refractivity contribution in [2.45, 2.75) is 30.6 Å². The third-order valence-electron chi connectivity index (χ3n) is 4.83. The number of ether oxygens (including phenoxy) is 1. The molecule has 1 aliphatic heterocycles. The molecule has 0 spiro atoms. The molecule has 2 heterocycles. The predicted octanol–water partition coefficient (Wildman–Crippen LogP) is -0.485. The summed E-state index contributed by atoms with van der Waals surface area (Å²) in [5, 5.41) is 10.4. The van der Waals surface area contributed by atoms with Crippen LogP contribution in [0, 0.1) is 0 Å². The molecule has 0 unspecified atom stereocenters. The van der Waals surface area contributed by atoms with Crippen LogP contribution in [0.5, 0.6) is 0 Å². The summed E-state index contributed by atoms with van der Waals surface area (Å²) < 4.78 is 5.72. The number of nitrogens with zero attached hydrogens (tertiary/aromatic N) is 3. The molecular weight excluding hydrogens is 410 g/mol. The Balaban J connectivity index is -0.00000114. The molecule has 0 bridgehead atoms. The Morgan fingerprint density at radius 3 is 2.60 bits per heavy atom. The Labute approximate surface area is 185 Å². The number of rotatable bonds is 7. The molecule has 1 aromatic heterocycles. The van der Waals surface area contributed by atoms with E-state index in [1.54, 1.807) is 5.48 Å². The topological polar surface area (TPSA) is 184 Å². The zero-order chi connectivity index (χ0) is 20.6. The number of hydrogen-bond acceptors (Lipinski definition) is 10. The van der Waals surface area contributed by atoms with Gasteiger partial charge in [-0.05, 0) is 26.0 Å². The molecular formula is C18H41N7O4S. The molecule has 11 nitrogen and oxygen atoms in total. The van der Waals surface area contributed by atoms with Crippen molar-refractivity contribution in [1.29, 1.82) is 0 Å². The lowest BCUT2D eigenvalue weighted by Gasteiger charge is -2.35. The average Bonchev–Trinajstić information content (AvgIpc) is 3.50. The minimum atomic E-state index is 0. The van der Waals surface area contributed by atoms with Crippen LogP contribution in [0.2, 0.25) is 0 Å². The number of nitrogens with one attached hydrogen (secondary N) is 3. The van der Waals surface area contributed by atoms with E-state index in [2.05, 4.69) is 34.9 Å². The number of hydrazine groups is 1. The standard InChI is InChI=1S/C17H28N6OS.CH5NO.2H2O.2H2/c1-12-11-24-7-6-23(12)15-8-14(17(25-3)4-5-17)21-16(22-15)13(9-19-2)10-20-18;1-2-3;;;;/h8-9,12,19-20H,4-7,10-11,18H2,1-3H3;2-3H,1H3;2*1H2;2*1H/b13-9+;;;;;/t12-;;;;;/m0...../s1. The zero-order valence-corrected chi connectivity index (χ0v) is 19.0. The molecule has 2 fully saturated rings. The minimum absolute atomic E-state index is 0. The van der Waals surface area contributed by atoms with E-state index in [9.17, 15) is 0 Å². The first kappa shape index (κ1) is 28.5. The van der Waals surface area contributed by atoms with Gasteiger partial charge in [0.1, 0.15) is 5.82 Å². The fourth-order valence-corrected chi connectivity index (χ4v) is 4.01. The van der Waals surface area contributed by atoms with Crippen LogP contribution in [-0.4, -0.2) is 78.8 Å². The van der Waals surface area contributed by atoms with Gasteiger partial charge in [-0.2, -0.15) is 11.8 Å². The van der Waals surface area contributed by atoms with Crippen LogP contribution in [0.4, 0.5) is 5.82 Å². The second-order valence-electron chi connectivity index (χ2n) is 6.81. The molecule has 0 radical (unpaired) electrons. The highest BCUT2D eigenvalue weighted by atomic mass is 32.2. The molecule has 2 aliphatic rings. The van der Waals surface area contributed by atoms with Crippen molar-refractivity contribution in [3.8, 4) is 0 Å². The number of nitrogens with two attached hydrogens (primary N) is 1. The summed E-state index contributed by atoms with van der Waals surface area (Å²) in [5.74, 6) is 7.27. The van der Waals surface area contributed by atoms with Crippen molar-refractivity contribution in [1.82, 2.24) is 26.2 Å². The summed E-state index contributed by atoms with van der Waals surface area (Å²) in [6, 6.07) is 2.47. The SMILES string of the molecule is CN/C=C(\CNN)c1nc(N2CCOC[C@@H]2C)cc(C2(SC)CC2)n1.CNO.O.O.[HH].[HH]. The number of anilines is 1. The van der Waals surface area contributed by atoms with E-state index >= 15 is 0 Å². The Hall–Kier alpha value is -1.51. The smallest absolute Gasteiger partial charge is 0.160 e. The first-order valence-corrected chi connectivity index (χ1v) is 10.7. The van der Waals surface area contributed by atoms with Gasteiger partial charge in [0.25, 0.3) is 0 Å². The number of hydrogen-bond donors (Lipinski definition) is 5. The van der Waals surface area contributed by atoms with E-state index in [-0.39, 0.29) is 18.6 Å². The molecule has 3 rings (SSSR count). The normalized spacial score (nSPS) is 19.6. The fraction of sp³-hybridized carbons (Fsp3) is 0.667. The highest BCUT2D eigenvalue weighted by Gasteiger charge is 2.46. The Kier molecular flexibility index (Phi) is 13.0. The second-order valence-corrected chi connectivity index (χ2v) is 8.00. The van der Waals surface area contributed by atoms with Gasteiger partial charge in [-0.25, -0.2) is 15.4 Å². The quantitative estimate of drug-likeness (QED) is 0.268. The van der Waals surface area contributed by atoms with Crippen LogP contribution in [0.3, 0.4) is 0 Å². The lowest BCUT2D eigenvalue weighted by molar-refractivity contribution is 0.0985. The van der Waals surface area contributed by atoms with Gasteiger partial charge in [-0.3, -0.25) is 11.3 Å². The summed E-state index contributed by atoms with van der Waals surface area (Å²) in [4.78, 5) is 12.1. The molecule has 0 aromatic carbocycles. The van der Waals surface area contributed by atoms with E-state index in [1.807, 2.05) is 25.0 Å². The van der Waals surface area contributed by atoms with Crippen molar-refractivity contribution in [2.75, 3.05) is 51.6 Å². The van der Waals surface area contributed by atoms with Crippen molar-refractivity contribution < 1.29 is 23.7 Å². The van der Waals surface area contributed by atoms with E-state index < -0.39 is 0 Å². The van der Waals surface area contributed by atoms with Gasteiger partial charge in [-0.1, -0.05) is 0 Å². The lowest BCUT2D eigenvalue weighted by Crippen LogP contribution is -2.44. The van der Waals surface area contributed by atoms with Crippen molar-refractivity contribution >= 4 is 23.2 Å². The highest BCUT2D eigenvalue weighted by Crippen LogP contribution is 2.55. The maximum Gasteiger partial charge on any atom is 0.160 e. The lowest BCUT2D eigenvalue weighted by atomic mass is 10.2. The maximum absolute atomic E-state index is 7.32. The third kappa shape index (κ3) is 7.03. The van der Waals surface area contributed by atoms with Crippen molar-refractivity contribution in [3.05, 3.63) is 23.8 Å². The Bertz CT molecular complexity index is 672. The summed E-state index contributed by atoms with van der Waals surface area (Å²) >= 11 is 1.89. The molecule has 30 heavy (non-hydrogen) atoms. The molecule has 1 atom stereocenters. The summed E-state index contributed by atoms with van der Waals surface area (Å²) in [6.07, 6.45) is 6.41. The zero-order valence-electron chi connectivity index (χ0n) is 18.2. The molecule has 1 aliphatic carbocycles. The molecule has 10 N–H and O–H groups in total. The van der Waals surface area contributed by atoms with Gasteiger partial charge >= 0.3 is 0 Å². The van der Waals surface area contributed by atoms with E-state index in [4.69, 9.17) is 25.8 Å². The van der Waals surface area contributed by atoms with Gasteiger partial charge < -0.3 is 31.1 Å². The van der Waals surface area contributed by atoms with Crippen molar-refractivity contribution in [3.63, 3.8) is 0 Å². The minimum Gasteiger partial charge on any atom is -0.412 e. The molecule has 12 heteroatoms. The molecule has 1 aromatic rings. The monoisotopic (exact) mass is 451 g/mol. The number of morpholine rings is 1. The van der Waals surface area contributed by atoms with Gasteiger partial charge in [0.2, 0.25) is 0 Å². The van der Waals surface area contributed by atoms with Gasteiger partial charge in [0.05, 0.1) is 29.7 Å². The van der Waals surface area contributed by atoms with Gasteiger partial charge in [0, 0.05) is 47.9 Å². The van der Waals surface area contributed by atoms with Crippen LogP contribution in [-0.2, 0) is 9.48 Å². The first-order chi connectivity index (χ1) is 13.5. The number of hydroxylamine groups is 1. The number of aromatic nitrogens is 2. The number of thioether (sulfide) groups is 1. The second kappa shape index (κ2) is 13.7. The summed E-state index contributed by atoms with van der Waals surface area (Å²) in [6.45, 7) is 4.99. The molecule has 1 saturated carbocycles. The summed E-state index contributed by atoms with van der Waals surface area (Å²) in [5.41, 5.74) is 6.54. The Morgan fingerprint density at radius 1 is 1.43 bits per heavy atom. The maximum atomic E-state index is 7.32. The molecule has 0 amide bonds. The van der Waals surface area contributed by atoms with Crippen LogP contribution in [0.25, 0.3) is 5.57 Å². The largest absolute Gasteiger partial charge is 0.412 e. The van der Waals surface area contributed by atoms with Gasteiger partial charge in [-0.15, -0.1) is 0 Å². The van der Waals surface area contributed by atoms with E-state index in [0.29, 0.717) is 12.6 Å². The highest BCUT2D eigenvalue weighted by molar-refractivity contribution is 7.99. The van der Waals surface area contributed by atoms with Crippen molar-refractivity contribution in [2.24, 2.45) is 5.84 Å². The average molecular weight is 452 g/mol. The van der Waals surface area contributed by atoms with Crippen LogP contribution in [0.15, 0.2) is 12.3 Å². The molecule has 178 valence electrons. The first-order valence-electron chi connectivity index (χ1n) is 9.45. The summed E-state index contributed by atoms with van der Waals surface area (Å²) in [7, 11) is 3.30. The van der Waals surface area contributed by atoms with Crippen LogP contribution >= 0.6 is 11.8 Å². The van der Waals surface area contributed by atoms with Crippen LogP contribution < -0.4 is 27.0 Å². The van der Waals surface area contributed by atoms with Crippen LogP contribution in [0.1, 0.15) is 34.1 Å². The predicted molar refractivity (Wildman–Crippen MR) is 126 cm³/mol. The fourth-order valence-electron chi connectivity index (χ4n) is 3.18. The van der Waals surface area contributed by atoms with E-state index in [0.717, 1.165) is 42.7 Å². The molecule has 1 saturated heterocycles. The van der Waals surface area contributed by atoms with Gasteiger partial charge in [0.15, 0.2) is 5.82 Å². The van der Waals surface area contributed by atoms with E-state index in [1.165, 1.54) is 19.9 Å².